The number of nitrogens with zero attached hydrogens (tertiary/aromatic N) is 1. The second-order valence-corrected chi connectivity index (χ2v) is 1.92. The van der Waals surface area contributed by atoms with Crippen LogP contribution >= 0.6 is 0 Å². The topological polar surface area (TPSA) is 83.5 Å². The first kappa shape index (κ1) is 13.0. The molecule has 0 radical (unpaired) electrons. The predicted octanol–water partition coefficient (Wildman–Crippen LogP) is -3.58. The molecule has 0 rings (SSSR count). The monoisotopic (exact) mass is 201 g/mol. The van der Waals surface area contributed by atoms with Gasteiger partial charge in [-0.2, -0.15) is 0 Å². The van der Waals surface area contributed by atoms with Gasteiger partial charge in [-0.3, -0.25) is 4.90 Å². The van der Waals surface area contributed by atoms with Gasteiger partial charge in [0.2, 0.25) is 0 Å². The molecule has 64 valence electrons. The number of carboxylic acid groups (broad SMARTS) is 2. The summed E-state index contributed by atoms with van der Waals surface area (Å²) in [6, 6.07) is 0. The Morgan fingerprint density at radius 1 is 1.18 bits per heavy atom. The fraction of sp³-hybridized carbons (Fsp3) is 0.600. The van der Waals surface area contributed by atoms with Crippen molar-refractivity contribution < 1.29 is 36.9 Å². The zero-order valence-corrected chi connectivity index (χ0v) is 6.95. The number of carbonyl (C=O) groups is 2. The molecule has 0 aliphatic rings. The van der Waals surface area contributed by atoms with E-state index in [1.807, 2.05) is 0 Å². The number of carboxylic acids is 2. The zero-order chi connectivity index (χ0) is 8.15. The van der Waals surface area contributed by atoms with Crippen molar-refractivity contribution in [1.82, 2.24) is 4.90 Å². The van der Waals surface area contributed by atoms with Crippen molar-refractivity contribution in [3.63, 3.8) is 0 Å². The molecule has 0 saturated heterocycles. The van der Waals surface area contributed by atoms with Crippen molar-refractivity contribution in [2.45, 2.75) is 0 Å². The van der Waals surface area contributed by atoms with Crippen LogP contribution in [0, 0.1) is 0 Å². The summed E-state index contributed by atoms with van der Waals surface area (Å²) in [6.45, 7) is -0.790. The van der Waals surface area contributed by atoms with Gasteiger partial charge < -0.3 is 19.8 Å². The van der Waals surface area contributed by atoms with E-state index in [9.17, 15) is 19.8 Å². The summed E-state index contributed by atoms with van der Waals surface area (Å²) in [7, 11) is 1.35. The van der Waals surface area contributed by atoms with Gasteiger partial charge >= 0.3 is 17.1 Å². The molecule has 0 unspecified atom stereocenters. The van der Waals surface area contributed by atoms with Gasteiger partial charge in [-0.15, -0.1) is 0 Å². The van der Waals surface area contributed by atoms with Crippen LogP contribution in [0.5, 0.6) is 0 Å². The molecule has 0 aromatic heterocycles. The van der Waals surface area contributed by atoms with Crippen LogP contribution in [0.3, 0.4) is 0 Å². The summed E-state index contributed by atoms with van der Waals surface area (Å²) in [4.78, 5) is 20.7. The van der Waals surface area contributed by atoms with Gasteiger partial charge in [0.05, 0.1) is 11.9 Å². The zero-order valence-electron chi connectivity index (χ0n) is 5.85. The molecule has 0 spiro atoms. The van der Waals surface area contributed by atoms with E-state index >= 15 is 0 Å². The van der Waals surface area contributed by atoms with E-state index in [0.29, 0.717) is 0 Å². The Morgan fingerprint density at radius 2 is 1.45 bits per heavy atom. The Hall–Kier alpha value is -0.581. The van der Waals surface area contributed by atoms with Crippen molar-refractivity contribution in [3.05, 3.63) is 0 Å². The third kappa shape index (κ3) is 9.42. The number of carbonyl (C=O) groups excluding carboxylic acids is 2. The van der Waals surface area contributed by atoms with E-state index in [4.69, 9.17) is 0 Å². The van der Waals surface area contributed by atoms with Gasteiger partial charge in [0.1, 0.15) is 0 Å². The van der Waals surface area contributed by atoms with Crippen molar-refractivity contribution in [3.8, 4) is 0 Å². The number of hydrogen-bond acceptors (Lipinski definition) is 5. The van der Waals surface area contributed by atoms with E-state index in [1.54, 1.807) is 0 Å². The normalized spacial score (nSPS) is 8.91. The van der Waals surface area contributed by atoms with Gasteiger partial charge in [0.25, 0.3) is 0 Å². The average molecular weight is 201 g/mol. The van der Waals surface area contributed by atoms with E-state index in [1.165, 1.54) is 7.05 Å². The fourth-order valence-electron chi connectivity index (χ4n) is 0.497. The maximum atomic E-state index is 9.83. The Balaban J connectivity index is 0. The van der Waals surface area contributed by atoms with Crippen molar-refractivity contribution in [1.29, 1.82) is 0 Å². The predicted molar refractivity (Wildman–Crippen MR) is 27.5 cm³/mol. The summed E-state index contributed by atoms with van der Waals surface area (Å²) >= 11 is 0. The second kappa shape index (κ2) is 6.15. The molecular formula is C5H7FeNO4. The standard InChI is InChI=1S/C5H9NO4.Fe/c1-6(2-4(7)8)3-5(9)10;/h2-3H2,1H3,(H,7,8)(H,9,10);/q;+2/p-2. The van der Waals surface area contributed by atoms with Gasteiger partial charge in [-0.05, 0) is 7.05 Å². The number of likely N-dealkylation sites (N-methyl/N-ethyl adjacent to an activating group) is 1. The summed E-state index contributed by atoms with van der Waals surface area (Å²) in [5.41, 5.74) is 0. The smallest absolute Gasteiger partial charge is 0.549 e. The fourth-order valence-corrected chi connectivity index (χ4v) is 0.497. The number of hydrogen-bond donors (Lipinski definition) is 0. The minimum absolute atomic E-state index is 0. The van der Waals surface area contributed by atoms with Gasteiger partial charge in [-0.25, -0.2) is 0 Å². The SMILES string of the molecule is CN(CC(=O)[O-])CC(=O)[O-].[Fe+2]. The average Bonchev–Trinajstić information content (AvgIpc) is 1.58. The number of aliphatic carboxylic acids is 2. The molecule has 0 atom stereocenters. The third-order valence-electron chi connectivity index (χ3n) is 0.798. The minimum Gasteiger partial charge on any atom is -0.549 e. The van der Waals surface area contributed by atoms with Crippen molar-refractivity contribution >= 4 is 11.9 Å². The summed E-state index contributed by atoms with van der Waals surface area (Å²) < 4.78 is 0. The molecule has 6 heteroatoms. The minimum atomic E-state index is -1.30. The Morgan fingerprint density at radius 3 is 1.64 bits per heavy atom. The van der Waals surface area contributed by atoms with E-state index in [0.717, 1.165) is 4.90 Å². The molecule has 0 saturated carbocycles. The quantitative estimate of drug-likeness (QED) is 0.439. The first-order chi connectivity index (χ1) is 4.52. The molecule has 0 aliphatic carbocycles. The molecule has 0 aromatic rings. The van der Waals surface area contributed by atoms with E-state index in [2.05, 4.69) is 0 Å². The van der Waals surface area contributed by atoms with Crippen LogP contribution in [0.2, 0.25) is 0 Å². The molecule has 0 amide bonds. The van der Waals surface area contributed by atoms with Gasteiger partial charge in [0, 0.05) is 13.1 Å². The largest absolute Gasteiger partial charge is 2.00 e. The van der Waals surface area contributed by atoms with Crippen LogP contribution in [-0.2, 0) is 26.7 Å². The second-order valence-electron chi connectivity index (χ2n) is 1.92. The molecule has 0 bridgehead atoms. The van der Waals surface area contributed by atoms with Crippen molar-refractivity contribution in [2.24, 2.45) is 0 Å². The Bertz CT molecular complexity index is 133. The first-order valence-corrected chi connectivity index (χ1v) is 2.60. The molecule has 0 aromatic carbocycles. The summed E-state index contributed by atoms with van der Waals surface area (Å²) in [6.07, 6.45) is 0. The van der Waals surface area contributed by atoms with Crippen LogP contribution in [0.25, 0.3) is 0 Å². The molecule has 11 heavy (non-hydrogen) atoms. The van der Waals surface area contributed by atoms with Crippen LogP contribution in [0.1, 0.15) is 0 Å². The molecule has 0 N–H and O–H groups in total. The molecule has 0 heterocycles. The van der Waals surface area contributed by atoms with Crippen molar-refractivity contribution in [2.75, 3.05) is 20.1 Å². The first-order valence-electron chi connectivity index (χ1n) is 2.60. The van der Waals surface area contributed by atoms with Crippen LogP contribution < -0.4 is 10.2 Å². The maximum absolute atomic E-state index is 9.83. The molecule has 0 aliphatic heterocycles. The van der Waals surface area contributed by atoms with Crippen LogP contribution in [0.15, 0.2) is 0 Å². The Kier molecular flexibility index (Phi) is 7.29. The van der Waals surface area contributed by atoms with Gasteiger partial charge in [0.15, 0.2) is 0 Å². The third-order valence-corrected chi connectivity index (χ3v) is 0.798. The molecule has 0 fully saturated rings. The van der Waals surface area contributed by atoms with Crippen LogP contribution in [0.4, 0.5) is 0 Å². The molecule has 5 nitrogen and oxygen atoms in total. The van der Waals surface area contributed by atoms with E-state index in [-0.39, 0.29) is 17.1 Å². The summed E-state index contributed by atoms with van der Waals surface area (Å²) in [5.74, 6) is -2.60. The van der Waals surface area contributed by atoms with Gasteiger partial charge in [-0.1, -0.05) is 0 Å². The van der Waals surface area contributed by atoms with E-state index < -0.39 is 25.0 Å². The number of rotatable bonds is 4. The molecular weight excluding hydrogens is 194 g/mol. The summed E-state index contributed by atoms with van der Waals surface area (Å²) in [5, 5.41) is 19.7. The maximum Gasteiger partial charge on any atom is 2.00 e. The Labute approximate surface area is 74.5 Å². The van der Waals surface area contributed by atoms with Crippen LogP contribution in [-0.4, -0.2) is 37.0 Å².